The van der Waals surface area contributed by atoms with Gasteiger partial charge in [0, 0.05) is 54.0 Å². The van der Waals surface area contributed by atoms with Crippen molar-refractivity contribution in [2.24, 2.45) is 5.41 Å². The molecule has 0 aliphatic carbocycles. The molecule has 29 heavy (non-hydrogen) atoms. The van der Waals surface area contributed by atoms with Crippen molar-refractivity contribution < 1.29 is 9.59 Å². The number of carbonyl (C=O) groups is 2. The van der Waals surface area contributed by atoms with Gasteiger partial charge in [-0.05, 0) is 53.9 Å². The lowest BCUT2D eigenvalue weighted by atomic mass is 9.91. The summed E-state index contributed by atoms with van der Waals surface area (Å²) < 4.78 is 0.943. The molecule has 2 aromatic carbocycles. The Hall–Kier alpha value is -2.34. The lowest BCUT2D eigenvalue weighted by molar-refractivity contribution is -0.133. The fourth-order valence-electron chi connectivity index (χ4n) is 3.34. The van der Waals surface area contributed by atoms with E-state index >= 15 is 0 Å². The molecule has 6 heteroatoms. The van der Waals surface area contributed by atoms with E-state index in [1.807, 2.05) is 41.3 Å². The van der Waals surface area contributed by atoms with Crippen molar-refractivity contribution in [2.45, 2.75) is 27.2 Å². The topological polar surface area (TPSA) is 52.7 Å². The Morgan fingerprint density at radius 2 is 1.52 bits per heavy atom. The average molecular weight is 458 g/mol. The van der Waals surface area contributed by atoms with Crippen molar-refractivity contribution >= 4 is 39.1 Å². The Balaban J connectivity index is 1.54. The number of nitrogens with one attached hydrogen (secondary N) is 1. The minimum atomic E-state index is -0.128. The molecule has 2 aromatic rings. The molecule has 0 atom stereocenters. The van der Waals surface area contributed by atoms with Crippen molar-refractivity contribution in [3.05, 3.63) is 58.6 Å². The van der Waals surface area contributed by atoms with E-state index in [0.717, 1.165) is 42.0 Å². The molecule has 154 valence electrons. The van der Waals surface area contributed by atoms with Crippen LogP contribution in [0.15, 0.2) is 53.0 Å². The number of piperazine rings is 1. The van der Waals surface area contributed by atoms with Crippen LogP contribution in [0.4, 0.5) is 11.4 Å². The van der Waals surface area contributed by atoms with Crippen LogP contribution < -0.4 is 10.2 Å². The average Bonchev–Trinajstić information content (AvgIpc) is 2.68. The molecule has 0 bridgehead atoms. The van der Waals surface area contributed by atoms with Gasteiger partial charge in [0.25, 0.3) is 5.91 Å². The Morgan fingerprint density at radius 1 is 0.931 bits per heavy atom. The van der Waals surface area contributed by atoms with Crippen LogP contribution in [0.3, 0.4) is 0 Å². The number of benzene rings is 2. The third-order valence-electron chi connectivity index (χ3n) is 4.91. The maximum absolute atomic E-state index is 12.4. The van der Waals surface area contributed by atoms with E-state index in [4.69, 9.17) is 0 Å². The van der Waals surface area contributed by atoms with Crippen LogP contribution in [0.5, 0.6) is 0 Å². The highest BCUT2D eigenvalue weighted by molar-refractivity contribution is 9.10. The highest BCUT2D eigenvalue weighted by Crippen LogP contribution is 2.23. The summed E-state index contributed by atoms with van der Waals surface area (Å²) in [7, 11) is 0. The zero-order chi connectivity index (χ0) is 21.0. The Kier molecular flexibility index (Phi) is 6.63. The van der Waals surface area contributed by atoms with Crippen LogP contribution in [-0.4, -0.2) is 42.9 Å². The first-order valence-electron chi connectivity index (χ1n) is 9.91. The molecule has 1 heterocycles. The van der Waals surface area contributed by atoms with Gasteiger partial charge >= 0.3 is 0 Å². The van der Waals surface area contributed by atoms with Gasteiger partial charge in [0.05, 0.1) is 0 Å². The Morgan fingerprint density at radius 3 is 2.07 bits per heavy atom. The Bertz CT molecular complexity index is 849. The van der Waals surface area contributed by atoms with Crippen LogP contribution in [0, 0.1) is 5.41 Å². The number of rotatable bonds is 4. The molecular formula is C23H28BrN3O2. The summed E-state index contributed by atoms with van der Waals surface area (Å²) in [6.45, 7) is 9.42. The molecule has 1 aliphatic rings. The molecule has 3 rings (SSSR count). The van der Waals surface area contributed by atoms with Crippen LogP contribution in [0.25, 0.3) is 0 Å². The second kappa shape index (κ2) is 8.99. The normalized spacial score (nSPS) is 14.6. The van der Waals surface area contributed by atoms with Crippen LogP contribution in [-0.2, 0) is 4.79 Å². The first-order chi connectivity index (χ1) is 13.7. The molecule has 1 aliphatic heterocycles. The molecule has 0 saturated carbocycles. The standard InChI is InChI=1S/C23H28BrN3O2/c1-23(2,3)16-21(28)27-14-12-26(13-15-27)20-10-8-19(9-11-20)25-22(29)17-4-6-18(24)7-5-17/h4-11H,12-16H2,1-3H3,(H,25,29). The lowest BCUT2D eigenvalue weighted by Crippen LogP contribution is -2.49. The van der Waals surface area contributed by atoms with E-state index in [9.17, 15) is 9.59 Å². The number of nitrogens with zero attached hydrogens (tertiary/aromatic N) is 2. The summed E-state index contributed by atoms with van der Waals surface area (Å²) in [6, 6.07) is 15.1. The summed E-state index contributed by atoms with van der Waals surface area (Å²) in [5.74, 6) is 0.111. The second-order valence-electron chi connectivity index (χ2n) is 8.61. The van der Waals surface area contributed by atoms with E-state index < -0.39 is 0 Å². The summed E-state index contributed by atoms with van der Waals surface area (Å²) in [4.78, 5) is 29.0. The molecule has 5 nitrogen and oxygen atoms in total. The number of carbonyl (C=O) groups excluding carboxylic acids is 2. The van der Waals surface area contributed by atoms with E-state index in [-0.39, 0.29) is 17.2 Å². The predicted octanol–water partition coefficient (Wildman–Crippen LogP) is 4.79. The number of amides is 2. The molecule has 0 aromatic heterocycles. The largest absolute Gasteiger partial charge is 0.368 e. The van der Waals surface area contributed by atoms with E-state index in [0.29, 0.717) is 12.0 Å². The highest BCUT2D eigenvalue weighted by atomic mass is 79.9. The molecular weight excluding hydrogens is 430 g/mol. The van der Waals surface area contributed by atoms with Gasteiger partial charge in [0.1, 0.15) is 0 Å². The van der Waals surface area contributed by atoms with Crippen LogP contribution >= 0.6 is 15.9 Å². The number of hydrogen-bond donors (Lipinski definition) is 1. The third kappa shape index (κ3) is 6.07. The fourth-order valence-corrected chi connectivity index (χ4v) is 3.60. The van der Waals surface area contributed by atoms with Gasteiger partial charge in [-0.3, -0.25) is 9.59 Å². The minimum Gasteiger partial charge on any atom is -0.368 e. The minimum absolute atomic E-state index is 0.0186. The summed E-state index contributed by atoms with van der Waals surface area (Å²) in [5, 5.41) is 2.93. The molecule has 1 N–H and O–H groups in total. The zero-order valence-corrected chi connectivity index (χ0v) is 18.8. The number of halogens is 1. The van der Waals surface area contributed by atoms with Gasteiger partial charge < -0.3 is 15.1 Å². The third-order valence-corrected chi connectivity index (χ3v) is 5.44. The number of hydrogen-bond acceptors (Lipinski definition) is 3. The molecule has 0 radical (unpaired) electrons. The molecule has 1 saturated heterocycles. The van der Waals surface area contributed by atoms with Gasteiger partial charge in [0.15, 0.2) is 0 Å². The Labute approximate surface area is 181 Å². The van der Waals surface area contributed by atoms with E-state index in [1.165, 1.54) is 0 Å². The monoisotopic (exact) mass is 457 g/mol. The highest BCUT2D eigenvalue weighted by Gasteiger charge is 2.24. The van der Waals surface area contributed by atoms with Crippen molar-refractivity contribution in [3.63, 3.8) is 0 Å². The smallest absolute Gasteiger partial charge is 0.255 e. The maximum atomic E-state index is 12.4. The van der Waals surface area contributed by atoms with Crippen LogP contribution in [0.1, 0.15) is 37.6 Å². The van der Waals surface area contributed by atoms with Gasteiger partial charge in [-0.25, -0.2) is 0 Å². The van der Waals surface area contributed by atoms with Crippen molar-refractivity contribution in [3.8, 4) is 0 Å². The van der Waals surface area contributed by atoms with E-state index in [2.05, 4.69) is 46.9 Å². The molecule has 1 fully saturated rings. The van der Waals surface area contributed by atoms with Crippen molar-refractivity contribution in [2.75, 3.05) is 36.4 Å². The molecule has 2 amide bonds. The summed E-state index contributed by atoms with van der Waals surface area (Å²) in [5.41, 5.74) is 2.51. The van der Waals surface area contributed by atoms with Gasteiger partial charge in [-0.2, -0.15) is 0 Å². The van der Waals surface area contributed by atoms with Gasteiger partial charge in [-0.15, -0.1) is 0 Å². The van der Waals surface area contributed by atoms with Gasteiger partial charge in [0.2, 0.25) is 5.91 Å². The SMILES string of the molecule is CC(C)(C)CC(=O)N1CCN(c2ccc(NC(=O)c3ccc(Br)cc3)cc2)CC1. The maximum Gasteiger partial charge on any atom is 0.255 e. The fraction of sp³-hybridized carbons (Fsp3) is 0.391. The quantitative estimate of drug-likeness (QED) is 0.717. The van der Waals surface area contributed by atoms with Crippen molar-refractivity contribution in [1.82, 2.24) is 4.90 Å². The second-order valence-corrected chi connectivity index (χ2v) is 9.53. The number of anilines is 2. The first kappa shape index (κ1) is 21.4. The van der Waals surface area contributed by atoms with Crippen molar-refractivity contribution in [1.29, 1.82) is 0 Å². The van der Waals surface area contributed by atoms with E-state index in [1.54, 1.807) is 12.1 Å². The molecule has 0 spiro atoms. The predicted molar refractivity (Wildman–Crippen MR) is 121 cm³/mol. The lowest BCUT2D eigenvalue weighted by Gasteiger charge is -2.37. The molecule has 0 unspecified atom stereocenters. The summed E-state index contributed by atoms with van der Waals surface area (Å²) in [6.07, 6.45) is 0.583. The van der Waals surface area contributed by atoms with Gasteiger partial charge in [-0.1, -0.05) is 36.7 Å². The van der Waals surface area contributed by atoms with Crippen LogP contribution in [0.2, 0.25) is 0 Å². The summed E-state index contributed by atoms with van der Waals surface area (Å²) >= 11 is 3.37. The first-order valence-corrected chi connectivity index (χ1v) is 10.7. The zero-order valence-electron chi connectivity index (χ0n) is 17.2.